The van der Waals surface area contributed by atoms with Crippen molar-refractivity contribution in [3.8, 4) is 0 Å². The Morgan fingerprint density at radius 2 is 2.05 bits per heavy atom. The predicted octanol–water partition coefficient (Wildman–Crippen LogP) is 4.17. The molecule has 0 saturated carbocycles. The van der Waals surface area contributed by atoms with Gasteiger partial charge in [-0.25, -0.2) is 8.42 Å². The number of nitrogens with one attached hydrogen (secondary N) is 1. The summed E-state index contributed by atoms with van der Waals surface area (Å²) < 4.78 is 24.2. The molecule has 0 spiro atoms. The zero-order valence-corrected chi connectivity index (χ0v) is 13.5. The highest BCUT2D eigenvalue weighted by molar-refractivity contribution is 7.91. The lowest BCUT2D eigenvalue weighted by Gasteiger charge is -2.30. The second-order valence-electron chi connectivity index (χ2n) is 5.63. The smallest absolute Gasteiger partial charge is 0.159 e. The molecule has 0 amide bonds. The standard InChI is InChI=1S/C17H23NO2S/c1-4-6-12-17(11-5-2,21(3,19)20)16-13-14-9-7-8-10-15(14)18-16/h5,7-10,13,18H,2,4,6,11-12H2,1,3H3. The van der Waals surface area contributed by atoms with Gasteiger partial charge in [-0.15, -0.1) is 6.58 Å². The van der Waals surface area contributed by atoms with Crippen molar-refractivity contribution in [2.45, 2.75) is 37.4 Å². The summed E-state index contributed by atoms with van der Waals surface area (Å²) in [6.07, 6.45) is 5.92. The molecule has 0 aliphatic heterocycles. The zero-order valence-electron chi connectivity index (χ0n) is 12.7. The molecule has 0 bridgehead atoms. The Morgan fingerprint density at radius 1 is 1.33 bits per heavy atom. The van der Waals surface area contributed by atoms with Crippen LogP contribution in [0.1, 0.15) is 38.3 Å². The maximum Gasteiger partial charge on any atom is 0.159 e. The average Bonchev–Trinajstić information content (AvgIpc) is 2.86. The quantitative estimate of drug-likeness (QED) is 0.780. The Labute approximate surface area is 127 Å². The minimum absolute atomic E-state index is 0.429. The fraction of sp³-hybridized carbons (Fsp3) is 0.412. The summed E-state index contributed by atoms with van der Waals surface area (Å²) in [6.45, 7) is 5.84. The van der Waals surface area contributed by atoms with E-state index in [1.807, 2.05) is 30.3 Å². The van der Waals surface area contributed by atoms with Gasteiger partial charge < -0.3 is 4.98 Å². The number of rotatable bonds is 7. The van der Waals surface area contributed by atoms with Crippen molar-refractivity contribution in [2.75, 3.05) is 6.26 Å². The second kappa shape index (κ2) is 6.06. The van der Waals surface area contributed by atoms with Crippen LogP contribution in [0.15, 0.2) is 43.0 Å². The number of para-hydroxylation sites is 1. The SMILES string of the molecule is C=CCC(CCCC)(c1cc2ccccc2[nH]1)S(C)(=O)=O. The van der Waals surface area contributed by atoms with E-state index in [1.165, 1.54) is 6.26 Å². The molecular weight excluding hydrogens is 282 g/mol. The molecule has 0 aliphatic carbocycles. The van der Waals surface area contributed by atoms with Crippen LogP contribution in [-0.4, -0.2) is 19.7 Å². The molecule has 21 heavy (non-hydrogen) atoms. The molecule has 1 N–H and O–H groups in total. The lowest BCUT2D eigenvalue weighted by molar-refractivity contribution is 0.475. The van der Waals surface area contributed by atoms with Gasteiger partial charge in [-0.3, -0.25) is 0 Å². The van der Waals surface area contributed by atoms with Gasteiger partial charge in [0.1, 0.15) is 4.75 Å². The number of aromatic nitrogens is 1. The van der Waals surface area contributed by atoms with Crippen LogP contribution in [0.3, 0.4) is 0 Å². The van der Waals surface area contributed by atoms with Gasteiger partial charge in [0, 0.05) is 17.5 Å². The molecule has 3 nitrogen and oxygen atoms in total. The summed E-state index contributed by atoms with van der Waals surface area (Å²) in [4.78, 5) is 3.31. The van der Waals surface area contributed by atoms with Crippen LogP contribution in [0, 0.1) is 0 Å². The molecule has 1 atom stereocenters. The minimum Gasteiger partial charge on any atom is -0.357 e. The maximum atomic E-state index is 12.6. The van der Waals surface area contributed by atoms with E-state index in [4.69, 9.17) is 0 Å². The van der Waals surface area contributed by atoms with Gasteiger partial charge in [-0.05, 0) is 30.4 Å². The Morgan fingerprint density at radius 3 is 2.62 bits per heavy atom. The number of benzene rings is 1. The molecule has 2 rings (SSSR count). The van der Waals surface area contributed by atoms with E-state index >= 15 is 0 Å². The first-order valence-corrected chi connectivity index (χ1v) is 9.22. The Bertz CT molecular complexity index is 697. The largest absolute Gasteiger partial charge is 0.357 e. The molecule has 2 aromatic rings. The van der Waals surface area contributed by atoms with Crippen LogP contribution in [0.25, 0.3) is 10.9 Å². The van der Waals surface area contributed by atoms with Crippen molar-refractivity contribution in [2.24, 2.45) is 0 Å². The Hall–Kier alpha value is -1.55. The molecule has 1 unspecified atom stereocenters. The topological polar surface area (TPSA) is 49.9 Å². The molecule has 1 aromatic carbocycles. The van der Waals surface area contributed by atoms with Crippen molar-refractivity contribution in [1.82, 2.24) is 4.98 Å². The Balaban J connectivity index is 2.63. The number of allylic oxidation sites excluding steroid dienone is 1. The normalized spacial score (nSPS) is 15.0. The number of unbranched alkanes of at least 4 members (excludes halogenated alkanes) is 1. The van der Waals surface area contributed by atoms with Crippen molar-refractivity contribution < 1.29 is 8.42 Å². The summed E-state index contributed by atoms with van der Waals surface area (Å²) in [5.41, 5.74) is 1.75. The highest BCUT2D eigenvalue weighted by Gasteiger charge is 2.42. The van der Waals surface area contributed by atoms with Gasteiger partial charge in [0.15, 0.2) is 9.84 Å². The van der Waals surface area contributed by atoms with Crippen LogP contribution in [0.2, 0.25) is 0 Å². The van der Waals surface area contributed by atoms with Gasteiger partial charge in [0.05, 0.1) is 0 Å². The molecule has 0 aliphatic rings. The summed E-state index contributed by atoms with van der Waals surface area (Å²) in [7, 11) is -3.26. The monoisotopic (exact) mass is 305 g/mol. The van der Waals surface area contributed by atoms with Crippen LogP contribution >= 0.6 is 0 Å². The number of fused-ring (bicyclic) bond motifs is 1. The molecular formula is C17H23NO2S. The number of hydrogen-bond acceptors (Lipinski definition) is 2. The molecule has 0 fully saturated rings. The third-order valence-corrected chi connectivity index (χ3v) is 6.15. The number of H-pyrrole nitrogens is 1. The van der Waals surface area contributed by atoms with E-state index in [2.05, 4.69) is 18.5 Å². The van der Waals surface area contributed by atoms with Crippen molar-refractivity contribution >= 4 is 20.7 Å². The summed E-state index contributed by atoms with van der Waals surface area (Å²) in [6, 6.07) is 9.84. The van der Waals surface area contributed by atoms with Crippen LogP contribution < -0.4 is 0 Å². The number of sulfone groups is 1. The van der Waals surface area contributed by atoms with E-state index in [9.17, 15) is 8.42 Å². The first-order chi connectivity index (χ1) is 9.94. The van der Waals surface area contributed by atoms with E-state index in [0.717, 1.165) is 29.4 Å². The molecule has 114 valence electrons. The van der Waals surface area contributed by atoms with Gasteiger partial charge in [0.25, 0.3) is 0 Å². The third kappa shape index (κ3) is 2.91. The van der Waals surface area contributed by atoms with Crippen molar-refractivity contribution in [1.29, 1.82) is 0 Å². The van der Waals surface area contributed by atoms with Gasteiger partial charge in [0.2, 0.25) is 0 Å². The molecule has 1 aromatic heterocycles. The van der Waals surface area contributed by atoms with Crippen molar-refractivity contribution in [3.05, 3.63) is 48.7 Å². The summed E-state index contributed by atoms with van der Waals surface area (Å²) in [5.74, 6) is 0. The van der Waals surface area contributed by atoms with E-state index < -0.39 is 14.6 Å². The van der Waals surface area contributed by atoms with E-state index in [-0.39, 0.29) is 0 Å². The number of hydrogen-bond donors (Lipinski definition) is 1. The first-order valence-electron chi connectivity index (χ1n) is 7.33. The van der Waals surface area contributed by atoms with Gasteiger partial charge >= 0.3 is 0 Å². The minimum atomic E-state index is -3.26. The summed E-state index contributed by atoms with van der Waals surface area (Å²) in [5, 5.41) is 1.04. The van der Waals surface area contributed by atoms with Crippen LogP contribution in [0.5, 0.6) is 0 Å². The van der Waals surface area contributed by atoms with Crippen LogP contribution in [-0.2, 0) is 14.6 Å². The Kier molecular flexibility index (Phi) is 4.57. The van der Waals surface area contributed by atoms with Crippen LogP contribution in [0.4, 0.5) is 0 Å². The second-order valence-corrected chi connectivity index (χ2v) is 7.96. The fourth-order valence-electron chi connectivity index (χ4n) is 2.90. The highest BCUT2D eigenvalue weighted by atomic mass is 32.2. The van der Waals surface area contributed by atoms with E-state index in [1.54, 1.807) is 6.08 Å². The maximum absolute atomic E-state index is 12.6. The predicted molar refractivity (Wildman–Crippen MR) is 89.2 cm³/mol. The fourth-order valence-corrected chi connectivity index (χ4v) is 4.34. The van der Waals surface area contributed by atoms with Gasteiger partial charge in [-0.2, -0.15) is 0 Å². The van der Waals surface area contributed by atoms with E-state index in [0.29, 0.717) is 12.8 Å². The first kappa shape index (κ1) is 15.8. The van der Waals surface area contributed by atoms with Gasteiger partial charge in [-0.1, -0.05) is 44.0 Å². The number of aromatic amines is 1. The molecule has 0 radical (unpaired) electrons. The third-order valence-electron chi connectivity index (χ3n) is 4.14. The highest BCUT2D eigenvalue weighted by Crippen LogP contribution is 2.39. The lowest BCUT2D eigenvalue weighted by Crippen LogP contribution is -2.35. The zero-order chi connectivity index (χ0) is 15.5. The molecule has 1 heterocycles. The lowest BCUT2D eigenvalue weighted by atomic mass is 9.93. The molecule has 0 saturated heterocycles. The molecule has 4 heteroatoms. The van der Waals surface area contributed by atoms with Crippen molar-refractivity contribution in [3.63, 3.8) is 0 Å². The summed E-state index contributed by atoms with van der Waals surface area (Å²) >= 11 is 0. The average molecular weight is 305 g/mol.